The van der Waals surface area contributed by atoms with Crippen LogP contribution in [0.5, 0.6) is 5.75 Å². The third-order valence-electron chi connectivity index (χ3n) is 4.50. The van der Waals surface area contributed by atoms with E-state index in [4.69, 9.17) is 14.5 Å². The van der Waals surface area contributed by atoms with Crippen molar-refractivity contribution in [2.45, 2.75) is 33.3 Å². The summed E-state index contributed by atoms with van der Waals surface area (Å²) in [5.41, 5.74) is 3.10. The first-order chi connectivity index (χ1) is 14.8. The zero-order valence-electron chi connectivity index (χ0n) is 19.0. The molecule has 3 aromatic heterocycles. The Balaban J connectivity index is 0.00000289. The number of hydrogen-bond acceptors (Lipinski definition) is 7. The largest absolute Gasteiger partial charge is 0.486 e. The average Bonchev–Trinajstić information content (AvgIpc) is 2.73. The number of anilines is 3. The molecule has 8 nitrogen and oxygen atoms in total. The van der Waals surface area contributed by atoms with Gasteiger partial charge in [0.15, 0.2) is 11.6 Å². The number of nitrogens with one attached hydrogen (secondary N) is 1. The van der Waals surface area contributed by atoms with Gasteiger partial charge in [0.05, 0.1) is 23.6 Å². The van der Waals surface area contributed by atoms with E-state index in [-0.39, 0.29) is 18.9 Å². The monoisotopic (exact) mass is 426 g/mol. The van der Waals surface area contributed by atoms with Gasteiger partial charge in [-0.15, -0.1) is 0 Å². The molecule has 1 amide bonds. The van der Waals surface area contributed by atoms with Gasteiger partial charge >= 0.3 is 6.09 Å². The minimum atomic E-state index is -0.622. The SMILES string of the molecule is Cc1cccc(-c2cc(Nc3ccncc3)c3c(n2)N(C(=O)OC(C)(C)C)CCO3)n1.[Li]. The maximum atomic E-state index is 12.9. The molecule has 4 rings (SSSR count). The van der Waals surface area contributed by atoms with Gasteiger partial charge in [-0.2, -0.15) is 0 Å². The van der Waals surface area contributed by atoms with Crippen LogP contribution in [0.2, 0.25) is 0 Å². The van der Waals surface area contributed by atoms with Gasteiger partial charge in [0.2, 0.25) is 0 Å². The van der Waals surface area contributed by atoms with Crippen LogP contribution in [0.15, 0.2) is 48.8 Å². The number of pyridine rings is 3. The van der Waals surface area contributed by atoms with Crippen LogP contribution < -0.4 is 15.0 Å². The number of rotatable bonds is 3. The minimum absolute atomic E-state index is 0. The van der Waals surface area contributed by atoms with Crippen LogP contribution in [0.4, 0.5) is 22.0 Å². The van der Waals surface area contributed by atoms with Crippen LogP contribution >= 0.6 is 0 Å². The van der Waals surface area contributed by atoms with Gasteiger partial charge in [-0.05, 0) is 58.0 Å². The Bertz CT molecular complexity index is 1100. The second kappa shape index (κ2) is 9.59. The van der Waals surface area contributed by atoms with Crippen molar-refractivity contribution in [3.63, 3.8) is 0 Å². The number of nitrogens with zero attached hydrogens (tertiary/aromatic N) is 4. The van der Waals surface area contributed by atoms with Gasteiger partial charge in [0, 0.05) is 42.6 Å². The zero-order valence-corrected chi connectivity index (χ0v) is 19.0. The molecule has 9 heteroatoms. The predicted molar refractivity (Wildman–Crippen MR) is 125 cm³/mol. The molecular formula is C23H25LiN5O3. The summed E-state index contributed by atoms with van der Waals surface area (Å²) in [6, 6.07) is 11.3. The summed E-state index contributed by atoms with van der Waals surface area (Å²) < 4.78 is 11.5. The van der Waals surface area contributed by atoms with Crippen LogP contribution in [0.1, 0.15) is 26.5 Å². The molecule has 3 aromatic rings. The first-order valence-electron chi connectivity index (χ1n) is 10.1. The summed E-state index contributed by atoms with van der Waals surface area (Å²) in [5, 5.41) is 3.35. The summed E-state index contributed by atoms with van der Waals surface area (Å²) in [6.45, 7) is 8.11. The van der Waals surface area contributed by atoms with E-state index in [2.05, 4.69) is 15.3 Å². The molecule has 0 saturated heterocycles. The van der Waals surface area contributed by atoms with Crippen molar-refractivity contribution >= 4 is 42.1 Å². The number of carbonyl (C=O) groups is 1. The van der Waals surface area contributed by atoms with E-state index in [0.29, 0.717) is 41.8 Å². The third-order valence-corrected chi connectivity index (χ3v) is 4.50. The molecule has 4 heterocycles. The molecule has 0 atom stereocenters. The van der Waals surface area contributed by atoms with Crippen molar-refractivity contribution in [1.82, 2.24) is 15.0 Å². The standard InChI is InChI=1S/C23H25N5O3.Li/c1-15-6-5-7-17(25-15)18-14-19(26-16-8-10-24-11-9-16)20-21(27-18)28(12-13-30-20)22(29)31-23(2,3)4;/h5-11,14H,12-13H2,1-4H3,(H,24,26,27);. The molecule has 32 heavy (non-hydrogen) atoms. The van der Waals surface area contributed by atoms with E-state index in [1.165, 1.54) is 4.90 Å². The Morgan fingerprint density at radius 2 is 1.88 bits per heavy atom. The van der Waals surface area contributed by atoms with E-state index in [0.717, 1.165) is 11.4 Å². The number of carbonyl (C=O) groups excluding carboxylic acids is 1. The van der Waals surface area contributed by atoms with Crippen LogP contribution in [0.3, 0.4) is 0 Å². The van der Waals surface area contributed by atoms with Crippen molar-refractivity contribution < 1.29 is 14.3 Å². The second-order valence-electron chi connectivity index (χ2n) is 8.21. The zero-order chi connectivity index (χ0) is 22.0. The van der Waals surface area contributed by atoms with Crippen molar-refractivity contribution in [3.8, 4) is 17.1 Å². The molecule has 0 aliphatic carbocycles. The number of aromatic nitrogens is 3. The normalized spacial score (nSPS) is 12.8. The molecule has 0 aromatic carbocycles. The minimum Gasteiger partial charge on any atom is -0.486 e. The second-order valence-corrected chi connectivity index (χ2v) is 8.21. The Morgan fingerprint density at radius 1 is 1.12 bits per heavy atom. The molecule has 0 saturated carbocycles. The van der Waals surface area contributed by atoms with Crippen molar-refractivity contribution in [1.29, 1.82) is 0 Å². The summed E-state index contributed by atoms with van der Waals surface area (Å²) in [5.74, 6) is 0.892. The van der Waals surface area contributed by atoms with Crippen LogP contribution in [-0.4, -0.2) is 58.7 Å². The Labute approximate surface area is 199 Å². The molecule has 1 aliphatic rings. The van der Waals surface area contributed by atoms with E-state index >= 15 is 0 Å². The van der Waals surface area contributed by atoms with E-state index < -0.39 is 11.7 Å². The molecule has 1 radical (unpaired) electrons. The number of ether oxygens (including phenoxy) is 2. The maximum absolute atomic E-state index is 12.9. The van der Waals surface area contributed by atoms with Crippen molar-refractivity contribution in [2.75, 3.05) is 23.4 Å². The summed E-state index contributed by atoms with van der Waals surface area (Å²) in [4.78, 5) is 27.8. The van der Waals surface area contributed by atoms with Gasteiger partial charge in [0.25, 0.3) is 0 Å². The fraction of sp³-hybridized carbons (Fsp3) is 0.304. The summed E-state index contributed by atoms with van der Waals surface area (Å²) in [6.07, 6.45) is 2.94. The van der Waals surface area contributed by atoms with E-state index in [9.17, 15) is 4.79 Å². The van der Waals surface area contributed by atoms with E-state index in [1.54, 1.807) is 12.4 Å². The number of hydrogen-bond donors (Lipinski definition) is 1. The van der Waals surface area contributed by atoms with Gasteiger partial charge in [-0.25, -0.2) is 9.78 Å². The van der Waals surface area contributed by atoms with Gasteiger partial charge in [0.1, 0.15) is 12.2 Å². The molecule has 1 N–H and O–H groups in total. The molecule has 0 bridgehead atoms. The average molecular weight is 426 g/mol. The number of aryl methyl sites for hydroxylation is 1. The summed E-state index contributed by atoms with van der Waals surface area (Å²) >= 11 is 0. The van der Waals surface area contributed by atoms with Crippen molar-refractivity contribution in [3.05, 3.63) is 54.5 Å². The number of amides is 1. The maximum Gasteiger partial charge on any atom is 0.416 e. The fourth-order valence-electron chi connectivity index (χ4n) is 3.19. The third kappa shape index (κ3) is 5.39. The van der Waals surface area contributed by atoms with Crippen LogP contribution in [-0.2, 0) is 4.74 Å². The topological polar surface area (TPSA) is 89.5 Å². The molecule has 1 aliphatic heterocycles. The van der Waals surface area contributed by atoms with Crippen LogP contribution in [0, 0.1) is 6.92 Å². The molecule has 161 valence electrons. The quantitative estimate of drug-likeness (QED) is 0.623. The smallest absolute Gasteiger partial charge is 0.416 e. The van der Waals surface area contributed by atoms with Gasteiger partial charge in [-0.1, -0.05) is 6.07 Å². The first kappa shape index (κ1) is 23.6. The van der Waals surface area contributed by atoms with Crippen LogP contribution in [0.25, 0.3) is 11.4 Å². The van der Waals surface area contributed by atoms with Gasteiger partial charge < -0.3 is 14.8 Å². The fourth-order valence-corrected chi connectivity index (χ4v) is 3.19. The summed E-state index contributed by atoms with van der Waals surface area (Å²) in [7, 11) is 0. The van der Waals surface area contributed by atoms with Crippen molar-refractivity contribution in [2.24, 2.45) is 0 Å². The number of fused-ring (bicyclic) bond motifs is 1. The molecule has 0 spiro atoms. The molecule has 0 fully saturated rings. The predicted octanol–water partition coefficient (Wildman–Crippen LogP) is 4.34. The Kier molecular flexibility index (Phi) is 7.07. The first-order valence-corrected chi connectivity index (χ1v) is 10.1. The Hall–Kier alpha value is -3.08. The molecule has 0 unspecified atom stereocenters. The Morgan fingerprint density at radius 3 is 2.56 bits per heavy atom. The molecular weight excluding hydrogens is 401 g/mol. The van der Waals surface area contributed by atoms with E-state index in [1.807, 2.05) is 64.1 Å². The van der Waals surface area contributed by atoms with Gasteiger partial charge in [-0.3, -0.25) is 14.9 Å².